The molecule has 0 saturated heterocycles. The minimum atomic E-state index is -0.163. The van der Waals surface area contributed by atoms with Gasteiger partial charge in [0.1, 0.15) is 6.04 Å². The smallest absolute Gasteiger partial charge is 0.244 e. The van der Waals surface area contributed by atoms with Gasteiger partial charge in [-0.05, 0) is 30.4 Å². The lowest BCUT2D eigenvalue weighted by molar-refractivity contribution is -0.134. The molecule has 1 N–H and O–H groups in total. The molecule has 0 radical (unpaired) electrons. The molecule has 19 heavy (non-hydrogen) atoms. The van der Waals surface area contributed by atoms with Gasteiger partial charge in [0.15, 0.2) is 0 Å². The largest absolute Gasteiger partial charge is 0.341 e. The van der Waals surface area contributed by atoms with Gasteiger partial charge in [-0.15, -0.1) is 0 Å². The molecule has 1 atom stereocenters. The Morgan fingerprint density at radius 1 is 1.42 bits per heavy atom. The highest BCUT2D eigenvalue weighted by molar-refractivity contribution is 5.84. The Morgan fingerprint density at radius 2 is 2.16 bits per heavy atom. The average molecular weight is 260 g/mol. The van der Waals surface area contributed by atoms with E-state index in [9.17, 15) is 4.79 Å². The molecule has 1 aliphatic rings. The van der Waals surface area contributed by atoms with Crippen LogP contribution in [0.5, 0.6) is 0 Å². The summed E-state index contributed by atoms with van der Waals surface area (Å²) in [5, 5.41) is 3.37. The number of likely N-dealkylation sites (N-methyl/N-ethyl adjacent to an activating group) is 1. The maximum atomic E-state index is 12.7. The van der Waals surface area contributed by atoms with E-state index in [1.807, 2.05) is 11.0 Å². The van der Waals surface area contributed by atoms with Crippen LogP contribution in [0.2, 0.25) is 0 Å². The first kappa shape index (κ1) is 14.1. The van der Waals surface area contributed by atoms with E-state index in [1.165, 1.54) is 5.56 Å². The van der Waals surface area contributed by atoms with Gasteiger partial charge in [0.2, 0.25) is 5.91 Å². The standard InChI is InChI=1S/C16H24N2O/c1-4-18(11-12(2)3)16(19)15-14-8-6-5-7-13(14)9-10-17-15/h5-8,12,15,17H,4,9-11H2,1-3H3. The minimum Gasteiger partial charge on any atom is -0.341 e. The molecule has 1 aromatic carbocycles. The molecule has 0 aliphatic carbocycles. The van der Waals surface area contributed by atoms with Crippen LogP contribution in [0.15, 0.2) is 24.3 Å². The van der Waals surface area contributed by atoms with Crippen molar-refractivity contribution in [2.24, 2.45) is 5.92 Å². The van der Waals surface area contributed by atoms with Crippen LogP contribution in [-0.2, 0) is 11.2 Å². The van der Waals surface area contributed by atoms with Crippen LogP contribution in [0.3, 0.4) is 0 Å². The van der Waals surface area contributed by atoms with Crippen molar-refractivity contribution in [2.75, 3.05) is 19.6 Å². The Kier molecular flexibility index (Phi) is 4.59. The lowest BCUT2D eigenvalue weighted by Gasteiger charge is -2.32. The highest BCUT2D eigenvalue weighted by Crippen LogP contribution is 2.24. The van der Waals surface area contributed by atoms with Crippen LogP contribution in [-0.4, -0.2) is 30.4 Å². The van der Waals surface area contributed by atoms with Crippen LogP contribution in [0.1, 0.15) is 37.9 Å². The van der Waals surface area contributed by atoms with Gasteiger partial charge in [-0.3, -0.25) is 4.79 Å². The zero-order valence-electron chi connectivity index (χ0n) is 12.1. The lowest BCUT2D eigenvalue weighted by atomic mass is 9.93. The molecule has 0 aromatic heterocycles. The van der Waals surface area contributed by atoms with Crippen LogP contribution < -0.4 is 5.32 Å². The van der Waals surface area contributed by atoms with Crippen molar-refractivity contribution in [1.82, 2.24) is 10.2 Å². The molecule has 0 saturated carbocycles. The summed E-state index contributed by atoms with van der Waals surface area (Å²) in [7, 11) is 0. The summed E-state index contributed by atoms with van der Waals surface area (Å²) in [6.45, 7) is 8.84. The number of fused-ring (bicyclic) bond motifs is 1. The Morgan fingerprint density at radius 3 is 2.84 bits per heavy atom. The number of nitrogens with one attached hydrogen (secondary N) is 1. The summed E-state index contributed by atoms with van der Waals surface area (Å²) < 4.78 is 0. The third kappa shape index (κ3) is 3.16. The van der Waals surface area contributed by atoms with E-state index < -0.39 is 0 Å². The average Bonchev–Trinajstić information content (AvgIpc) is 2.43. The van der Waals surface area contributed by atoms with Crippen LogP contribution in [0.25, 0.3) is 0 Å². The summed E-state index contributed by atoms with van der Waals surface area (Å²) in [5.41, 5.74) is 2.46. The van der Waals surface area contributed by atoms with E-state index in [0.717, 1.165) is 31.6 Å². The third-order valence-corrected chi connectivity index (χ3v) is 3.63. The highest BCUT2D eigenvalue weighted by atomic mass is 16.2. The van der Waals surface area contributed by atoms with E-state index in [1.54, 1.807) is 0 Å². The van der Waals surface area contributed by atoms with Crippen molar-refractivity contribution in [3.8, 4) is 0 Å². The van der Waals surface area contributed by atoms with E-state index in [-0.39, 0.29) is 11.9 Å². The van der Waals surface area contributed by atoms with Crippen molar-refractivity contribution < 1.29 is 4.79 Å². The van der Waals surface area contributed by atoms with Crippen molar-refractivity contribution in [2.45, 2.75) is 33.2 Å². The van der Waals surface area contributed by atoms with Crippen LogP contribution in [0.4, 0.5) is 0 Å². The molecule has 3 nitrogen and oxygen atoms in total. The second-order valence-electron chi connectivity index (χ2n) is 5.61. The lowest BCUT2D eigenvalue weighted by Crippen LogP contribution is -2.44. The molecule has 0 spiro atoms. The molecule has 1 unspecified atom stereocenters. The first-order valence-corrected chi connectivity index (χ1v) is 7.23. The van der Waals surface area contributed by atoms with Gasteiger partial charge in [0.25, 0.3) is 0 Å². The molecule has 104 valence electrons. The number of benzene rings is 1. The molecular weight excluding hydrogens is 236 g/mol. The monoisotopic (exact) mass is 260 g/mol. The molecule has 0 bridgehead atoms. The summed E-state index contributed by atoms with van der Waals surface area (Å²) in [4.78, 5) is 14.7. The van der Waals surface area contributed by atoms with Crippen LogP contribution in [0, 0.1) is 5.92 Å². The van der Waals surface area contributed by atoms with Crippen LogP contribution >= 0.6 is 0 Å². The van der Waals surface area contributed by atoms with Gasteiger partial charge in [-0.1, -0.05) is 38.1 Å². The van der Waals surface area contributed by atoms with Crippen molar-refractivity contribution >= 4 is 5.91 Å². The Labute approximate surface area is 116 Å². The molecule has 1 aromatic rings. The minimum absolute atomic E-state index is 0.163. The molecule has 2 rings (SSSR count). The topological polar surface area (TPSA) is 32.3 Å². The van der Waals surface area contributed by atoms with E-state index in [4.69, 9.17) is 0 Å². The van der Waals surface area contributed by atoms with Gasteiger partial charge in [0.05, 0.1) is 0 Å². The van der Waals surface area contributed by atoms with Crippen molar-refractivity contribution in [3.05, 3.63) is 35.4 Å². The zero-order chi connectivity index (χ0) is 13.8. The van der Waals surface area contributed by atoms with Gasteiger partial charge >= 0.3 is 0 Å². The Hall–Kier alpha value is -1.35. The zero-order valence-corrected chi connectivity index (χ0v) is 12.1. The number of rotatable bonds is 4. The maximum Gasteiger partial charge on any atom is 0.244 e. The molecule has 1 aliphatic heterocycles. The first-order chi connectivity index (χ1) is 9.13. The molecule has 3 heteroatoms. The number of amides is 1. The maximum absolute atomic E-state index is 12.7. The number of hydrogen-bond acceptors (Lipinski definition) is 2. The number of carbonyl (C=O) groups excluding carboxylic acids is 1. The third-order valence-electron chi connectivity index (χ3n) is 3.63. The fourth-order valence-corrected chi connectivity index (χ4v) is 2.72. The van der Waals surface area contributed by atoms with E-state index >= 15 is 0 Å². The first-order valence-electron chi connectivity index (χ1n) is 7.23. The normalized spacial score (nSPS) is 18.2. The quantitative estimate of drug-likeness (QED) is 0.901. The van der Waals surface area contributed by atoms with Gasteiger partial charge in [0, 0.05) is 19.6 Å². The molecule has 1 amide bonds. The molecular formula is C16H24N2O. The second kappa shape index (κ2) is 6.20. The highest BCUT2D eigenvalue weighted by Gasteiger charge is 2.29. The fourth-order valence-electron chi connectivity index (χ4n) is 2.72. The fraction of sp³-hybridized carbons (Fsp3) is 0.562. The molecule has 0 fully saturated rings. The van der Waals surface area contributed by atoms with Crippen molar-refractivity contribution in [1.29, 1.82) is 0 Å². The summed E-state index contributed by atoms with van der Waals surface area (Å²) in [5.74, 6) is 0.714. The summed E-state index contributed by atoms with van der Waals surface area (Å²) in [6, 6.07) is 8.12. The predicted octanol–water partition coefficient (Wildman–Crippen LogP) is 2.38. The Bertz CT molecular complexity index is 442. The van der Waals surface area contributed by atoms with E-state index in [0.29, 0.717) is 5.92 Å². The second-order valence-corrected chi connectivity index (χ2v) is 5.61. The number of nitrogens with zero attached hydrogens (tertiary/aromatic N) is 1. The van der Waals surface area contributed by atoms with E-state index in [2.05, 4.69) is 44.3 Å². The Balaban J connectivity index is 2.20. The van der Waals surface area contributed by atoms with Crippen molar-refractivity contribution in [3.63, 3.8) is 0 Å². The predicted molar refractivity (Wildman–Crippen MR) is 78.0 cm³/mol. The van der Waals surface area contributed by atoms with Gasteiger partial charge < -0.3 is 10.2 Å². The SMILES string of the molecule is CCN(CC(C)C)C(=O)C1NCCc2ccccc21. The van der Waals surface area contributed by atoms with Gasteiger partial charge in [-0.2, -0.15) is 0 Å². The molecule has 1 heterocycles. The number of hydrogen-bond donors (Lipinski definition) is 1. The summed E-state index contributed by atoms with van der Waals surface area (Å²) in [6.07, 6.45) is 1.01. The van der Waals surface area contributed by atoms with Gasteiger partial charge in [-0.25, -0.2) is 0 Å². The number of carbonyl (C=O) groups is 1. The summed E-state index contributed by atoms with van der Waals surface area (Å²) >= 11 is 0.